The first kappa shape index (κ1) is 13.2. The lowest BCUT2D eigenvalue weighted by Crippen LogP contribution is -2.48. The number of nitrogens with zero attached hydrogens (tertiary/aromatic N) is 4. The number of aromatic nitrogens is 2. The van der Waals surface area contributed by atoms with Gasteiger partial charge in [0.2, 0.25) is 0 Å². The van der Waals surface area contributed by atoms with Crippen molar-refractivity contribution in [2.24, 2.45) is 0 Å². The Balaban J connectivity index is 1.67. The maximum atomic E-state index is 4.16. The van der Waals surface area contributed by atoms with E-state index in [0.29, 0.717) is 6.04 Å². The molecule has 0 aliphatic carbocycles. The number of piperazine rings is 1. The molecular formula is C13H23N5. The van der Waals surface area contributed by atoms with Crippen molar-refractivity contribution in [1.82, 2.24) is 19.8 Å². The molecule has 0 saturated carbocycles. The van der Waals surface area contributed by atoms with E-state index in [1.807, 2.05) is 6.07 Å². The molecule has 0 bridgehead atoms. The van der Waals surface area contributed by atoms with Gasteiger partial charge in [0.15, 0.2) is 0 Å². The van der Waals surface area contributed by atoms with Crippen LogP contribution >= 0.6 is 0 Å². The molecule has 100 valence electrons. The molecule has 0 radical (unpaired) electrons. The van der Waals surface area contributed by atoms with Gasteiger partial charge in [0.25, 0.3) is 0 Å². The highest BCUT2D eigenvalue weighted by Crippen LogP contribution is 2.08. The van der Waals surface area contributed by atoms with Crippen LogP contribution in [0.4, 0.5) is 5.82 Å². The van der Waals surface area contributed by atoms with Crippen LogP contribution in [0.2, 0.25) is 0 Å². The molecule has 1 N–H and O–H groups in total. The third-order valence-electron chi connectivity index (χ3n) is 3.61. The molecule has 1 atom stereocenters. The van der Waals surface area contributed by atoms with Crippen molar-refractivity contribution in [3.05, 3.63) is 18.6 Å². The second-order valence-corrected chi connectivity index (χ2v) is 5.00. The normalized spacial score (nSPS) is 19.7. The Morgan fingerprint density at radius 1 is 1.33 bits per heavy atom. The third-order valence-corrected chi connectivity index (χ3v) is 3.61. The number of likely N-dealkylation sites (N-methyl/N-ethyl adjacent to an activating group) is 1. The van der Waals surface area contributed by atoms with Gasteiger partial charge in [-0.2, -0.15) is 0 Å². The highest BCUT2D eigenvalue weighted by atomic mass is 15.3. The third kappa shape index (κ3) is 3.92. The van der Waals surface area contributed by atoms with E-state index in [1.54, 1.807) is 12.5 Å². The van der Waals surface area contributed by atoms with Gasteiger partial charge in [-0.1, -0.05) is 0 Å². The van der Waals surface area contributed by atoms with Crippen LogP contribution < -0.4 is 5.32 Å². The number of hydrogen-bond acceptors (Lipinski definition) is 5. The molecule has 0 aromatic carbocycles. The van der Waals surface area contributed by atoms with Crippen molar-refractivity contribution < 1.29 is 0 Å². The molecule has 0 amide bonds. The predicted molar refractivity (Wildman–Crippen MR) is 73.7 cm³/mol. The number of anilines is 1. The van der Waals surface area contributed by atoms with Gasteiger partial charge in [-0.25, -0.2) is 9.97 Å². The lowest BCUT2D eigenvalue weighted by atomic mass is 10.1. The minimum atomic E-state index is 0.632. The van der Waals surface area contributed by atoms with Crippen molar-refractivity contribution in [3.63, 3.8) is 0 Å². The van der Waals surface area contributed by atoms with Crippen LogP contribution in [0.25, 0.3) is 0 Å². The van der Waals surface area contributed by atoms with Crippen LogP contribution in [0.3, 0.4) is 0 Å². The second kappa shape index (κ2) is 6.66. The topological polar surface area (TPSA) is 44.3 Å². The number of nitrogens with one attached hydrogen (secondary N) is 1. The predicted octanol–water partition coefficient (Wildman–Crippen LogP) is 0.914. The van der Waals surface area contributed by atoms with Gasteiger partial charge in [-0.15, -0.1) is 0 Å². The Bertz CT molecular complexity index is 334. The van der Waals surface area contributed by atoms with E-state index in [9.17, 15) is 0 Å². The largest absolute Gasteiger partial charge is 0.370 e. The van der Waals surface area contributed by atoms with Crippen molar-refractivity contribution in [1.29, 1.82) is 0 Å². The standard InChI is InChI=1S/C13H23N5/c1-12(18-9-7-17(2)8-10-18)3-6-15-13-4-5-14-11-16-13/h4-5,11-12H,3,6-10H2,1-2H3,(H,14,15,16). The Labute approximate surface area is 109 Å². The fourth-order valence-electron chi connectivity index (χ4n) is 2.25. The number of rotatable bonds is 5. The molecule has 1 aliphatic heterocycles. The zero-order valence-corrected chi connectivity index (χ0v) is 11.3. The van der Waals surface area contributed by atoms with Gasteiger partial charge in [-0.3, -0.25) is 4.90 Å². The lowest BCUT2D eigenvalue weighted by molar-refractivity contribution is 0.116. The molecular weight excluding hydrogens is 226 g/mol. The Morgan fingerprint density at radius 3 is 2.78 bits per heavy atom. The monoisotopic (exact) mass is 249 g/mol. The summed E-state index contributed by atoms with van der Waals surface area (Å²) in [5.41, 5.74) is 0. The van der Waals surface area contributed by atoms with Crippen LogP contribution in [-0.2, 0) is 0 Å². The smallest absolute Gasteiger partial charge is 0.129 e. The lowest BCUT2D eigenvalue weighted by Gasteiger charge is -2.36. The zero-order chi connectivity index (χ0) is 12.8. The van der Waals surface area contributed by atoms with Crippen LogP contribution in [0.1, 0.15) is 13.3 Å². The van der Waals surface area contributed by atoms with Crippen molar-refractivity contribution in [3.8, 4) is 0 Å². The summed E-state index contributed by atoms with van der Waals surface area (Å²) in [6.45, 7) is 8.02. The summed E-state index contributed by atoms with van der Waals surface area (Å²) in [5.74, 6) is 0.913. The second-order valence-electron chi connectivity index (χ2n) is 5.00. The molecule has 5 heteroatoms. The van der Waals surface area contributed by atoms with Crippen molar-refractivity contribution in [2.45, 2.75) is 19.4 Å². The van der Waals surface area contributed by atoms with E-state index in [2.05, 4.69) is 39.1 Å². The SMILES string of the molecule is CC(CCNc1ccncn1)N1CCN(C)CC1. The first-order valence-corrected chi connectivity index (χ1v) is 6.68. The molecule has 1 aromatic heterocycles. The summed E-state index contributed by atoms with van der Waals surface area (Å²) < 4.78 is 0. The van der Waals surface area contributed by atoms with E-state index < -0.39 is 0 Å². The minimum absolute atomic E-state index is 0.632. The maximum Gasteiger partial charge on any atom is 0.129 e. The van der Waals surface area contributed by atoms with Gasteiger partial charge in [0.05, 0.1) is 0 Å². The molecule has 1 unspecified atom stereocenters. The Kier molecular flexibility index (Phi) is 4.90. The van der Waals surface area contributed by atoms with Gasteiger partial charge in [0.1, 0.15) is 12.1 Å². The zero-order valence-electron chi connectivity index (χ0n) is 11.3. The van der Waals surface area contributed by atoms with E-state index in [1.165, 1.54) is 26.2 Å². The molecule has 5 nitrogen and oxygen atoms in total. The maximum absolute atomic E-state index is 4.16. The molecule has 0 spiro atoms. The van der Waals surface area contributed by atoms with E-state index in [0.717, 1.165) is 18.8 Å². The molecule has 1 aliphatic rings. The molecule has 1 fully saturated rings. The van der Waals surface area contributed by atoms with Crippen LogP contribution in [0.15, 0.2) is 18.6 Å². The molecule has 2 rings (SSSR count). The summed E-state index contributed by atoms with van der Waals surface area (Å²) in [7, 11) is 2.19. The summed E-state index contributed by atoms with van der Waals surface area (Å²) in [4.78, 5) is 13.0. The first-order chi connectivity index (χ1) is 8.75. The van der Waals surface area contributed by atoms with E-state index >= 15 is 0 Å². The van der Waals surface area contributed by atoms with Gasteiger partial charge < -0.3 is 10.2 Å². The first-order valence-electron chi connectivity index (χ1n) is 6.68. The highest BCUT2D eigenvalue weighted by molar-refractivity contribution is 5.31. The quantitative estimate of drug-likeness (QED) is 0.840. The summed E-state index contributed by atoms with van der Waals surface area (Å²) in [6, 6.07) is 2.54. The fraction of sp³-hybridized carbons (Fsp3) is 0.692. The van der Waals surface area contributed by atoms with Gasteiger partial charge in [0, 0.05) is 45.0 Å². The van der Waals surface area contributed by atoms with E-state index in [-0.39, 0.29) is 0 Å². The van der Waals surface area contributed by atoms with Crippen molar-refractivity contribution in [2.75, 3.05) is 45.1 Å². The van der Waals surface area contributed by atoms with Crippen LogP contribution in [0, 0.1) is 0 Å². The molecule has 1 saturated heterocycles. The van der Waals surface area contributed by atoms with Crippen molar-refractivity contribution >= 4 is 5.82 Å². The number of hydrogen-bond donors (Lipinski definition) is 1. The molecule has 2 heterocycles. The van der Waals surface area contributed by atoms with Gasteiger partial charge in [-0.05, 0) is 26.5 Å². The molecule has 1 aromatic rings. The Hall–Kier alpha value is -1.20. The average Bonchev–Trinajstić information content (AvgIpc) is 2.40. The van der Waals surface area contributed by atoms with E-state index in [4.69, 9.17) is 0 Å². The minimum Gasteiger partial charge on any atom is -0.370 e. The highest BCUT2D eigenvalue weighted by Gasteiger charge is 2.18. The van der Waals surface area contributed by atoms with Gasteiger partial charge >= 0.3 is 0 Å². The average molecular weight is 249 g/mol. The van der Waals surface area contributed by atoms with Crippen LogP contribution in [0.5, 0.6) is 0 Å². The molecule has 18 heavy (non-hydrogen) atoms. The summed E-state index contributed by atoms with van der Waals surface area (Å²) in [6.07, 6.45) is 4.49. The summed E-state index contributed by atoms with van der Waals surface area (Å²) >= 11 is 0. The van der Waals surface area contributed by atoms with Crippen LogP contribution in [-0.4, -0.2) is 65.6 Å². The fourth-order valence-corrected chi connectivity index (χ4v) is 2.25. The summed E-state index contributed by atoms with van der Waals surface area (Å²) in [5, 5.41) is 3.34. The Morgan fingerprint density at radius 2 is 2.11 bits per heavy atom.